The topological polar surface area (TPSA) is 226 Å². The predicted molar refractivity (Wildman–Crippen MR) is 154 cm³/mol. The molecule has 1 fully saturated rings. The Hall–Kier alpha value is -3.30. The van der Waals surface area contributed by atoms with E-state index in [0.29, 0.717) is 55.0 Å². The van der Waals surface area contributed by atoms with Crippen LogP contribution in [-0.4, -0.2) is 105 Å². The number of hydrogen-bond donors (Lipinski definition) is 9. The number of nitrogens with zero attached hydrogens (tertiary/aromatic N) is 2. The molecule has 11 N–H and O–H groups in total. The van der Waals surface area contributed by atoms with Gasteiger partial charge in [0.1, 0.15) is 11.5 Å². The molecule has 0 radical (unpaired) electrons. The number of hydrogen-bond acceptors (Lipinski definition) is 11. The van der Waals surface area contributed by atoms with Gasteiger partial charge in [-0.05, 0) is 45.5 Å². The molecule has 2 atom stereocenters. The highest BCUT2D eigenvalue weighted by molar-refractivity contribution is 5.86. The maximum atomic E-state index is 11.9. The van der Waals surface area contributed by atoms with E-state index in [1.54, 1.807) is 26.0 Å². The van der Waals surface area contributed by atoms with Crippen molar-refractivity contribution in [2.75, 3.05) is 52.5 Å². The van der Waals surface area contributed by atoms with Crippen LogP contribution in [0.15, 0.2) is 24.3 Å². The number of carbonyl (C=O) groups excluding carboxylic acids is 2. The van der Waals surface area contributed by atoms with E-state index in [4.69, 9.17) is 11.5 Å². The highest BCUT2D eigenvalue weighted by atomic mass is 16.4. The van der Waals surface area contributed by atoms with Gasteiger partial charge in [0, 0.05) is 61.5 Å². The molecule has 0 spiro atoms. The number of aliphatic hydroxyl groups excluding tert-OH is 2. The molecule has 0 bridgehead atoms. The van der Waals surface area contributed by atoms with Crippen LogP contribution in [0.4, 0.5) is 0 Å². The molecule has 13 nitrogen and oxygen atoms in total. The number of aromatic hydroxyl groups is 2. The molecule has 2 aromatic carbocycles. The molecule has 1 aliphatic rings. The van der Waals surface area contributed by atoms with Crippen molar-refractivity contribution in [3.8, 4) is 11.5 Å². The zero-order valence-electron chi connectivity index (χ0n) is 24.1. The second-order valence-corrected chi connectivity index (χ2v) is 11.1. The van der Waals surface area contributed by atoms with E-state index in [2.05, 4.69) is 15.1 Å². The molecule has 2 unspecified atom stereocenters. The molecular weight excluding hydrogens is 546 g/mol. The summed E-state index contributed by atoms with van der Waals surface area (Å²) >= 11 is 0. The summed E-state index contributed by atoms with van der Waals surface area (Å²) in [4.78, 5) is 28.1. The van der Waals surface area contributed by atoms with Gasteiger partial charge >= 0.3 is 0 Å². The average molecular weight is 590 g/mol. The Kier molecular flexibility index (Phi) is 10.9. The second kappa shape index (κ2) is 13.8. The van der Waals surface area contributed by atoms with Crippen LogP contribution in [0.2, 0.25) is 0 Å². The largest absolute Gasteiger partial charge is 0.507 e. The first-order valence-corrected chi connectivity index (χ1v) is 13.8. The van der Waals surface area contributed by atoms with Crippen LogP contribution in [0.5, 0.6) is 11.5 Å². The summed E-state index contributed by atoms with van der Waals surface area (Å²) in [6.45, 7) is 5.93. The molecule has 42 heavy (non-hydrogen) atoms. The lowest BCUT2D eigenvalue weighted by Gasteiger charge is -2.31. The minimum absolute atomic E-state index is 0.151. The van der Waals surface area contributed by atoms with Crippen molar-refractivity contribution < 1.29 is 40.2 Å². The first-order valence-electron chi connectivity index (χ1n) is 13.8. The molecule has 1 saturated heterocycles. The summed E-state index contributed by atoms with van der Waals surface area (Å²) in [5, 5.41) is 66.2. The Bertz CT molecular complexity index is 1190. The van der Waals surface area contributed by atoms with Gasteiger partial charge in [-0.3, -0.25) is 19.4 Å². The summed E-state index contributed by atoms with van der Waals surface area (Å²) < 4.78 is 0. The molecule has 2 amide bonds. The Morgan fingerprint density at radius 2 is 1.19 bits per heavy atom. The summed E-state index contributed by atoms with van der Waals surface area (Å²) in [5.74, 6) is -2.98. The number of aliphatic hydroxyl groups is 4. The zero-order valence-corrected chi connectivity index (χ0v) is 24.1. The van der Waals surface area contributed by atoms with Crippen molar-refractivity contribution in [1.29, 1.82) is 0 Å². The van der Waals surface area contributed by atoms with E-state index in [1.807, 2.05) is 0 Å². The minimum Gasteiger partial charge on any atom is -0.507 e. The van der Waals surface area contributed by atoms with Gasteiger partial charge in [0.15, 0.2) is 11.2 Å². The molecule has 0 saturated carbocycles. The van der Waals surface area contributed by atoms with Gasteiger partial charge in [-0.25, -0.2) is 0 Å². The molecule has 232 valence electrons. The maximum absolute atomic E-state index is 11.9. The number of nitrogens with one attached hydrogen (secondary N) is 1. The smallest absolute Gasteiger partial charge is 0.256 e. The summed E-state index contributed by atoms with van der Waals surface area (Å²) in [5.41, 5.74) is 7.77. The van der Waals surface area contributed by atoms with Crippen LogP contribution < -0.4 is 16.8 Å². The molecule has 1 heterocycles. The first kappa shape index (κ1) is 33.2. The first-order chi connectivity index (χ1) is 19.8. The SMILES string of the molecule is Cc1cc(CN2CCCNCCN(Cc3cc(C)cc(C(O)(CO)C(N)=O)c3O)CC2)c(O)c(C(O)(CO)C(N)=O)c1. The molecule has 2 aromatic rings. The minimum atomic E-state index is -2.43. The number of aryl methyl sites for hydroxylation is 2. The van der Waals surface area contributed by atoms with E-state index in [9.17, 15) is 40.2 Å². The third-order valence-electron chi connectivity index (χ3n) is 7.78. The fraction of sp³-hybridized carbons (Fsp3) is 0.517. The lowest BCUT2D eigenvalue weighted by Crippen LogP contribution is -2.44. The van der Waals surface area contributed by atoms with Crippen molar-refractivity contribution in [2.45, 2.75) is 44.6 Å². The highest BCUT2D eigenvalue weighted by Crippen LogP contribution is 2.35. The molecule has 0 aromatic heterocycles. The number of primary amides is 2. The number of nitrogens with two attached hydrogens (primary N) is 2. The number of benzene rings is 2. The van der Waals surface area contributed by atoms with Crippen LogP contribution in [0, 0.1) is 13.8 Å². The molecule has 3 rings (SSSR count). The van der Waals surface area contributed by atoms with E-state index in [-0.39, 0.29) is 35.7 Å². The van der Waals surface area contributed by atoms with Crippen LogP contribution in [0.25, 0.3) is 0 Å². The van der Waals surface area contributed by atoms with Gasteiger partial charge < -0.3 is 47.4 Å². The number of phenolic OH excluding ortho intramolecular Hbond substituents is 2. The normalized spacial score (nSPS) is 18.6. The average Bonchev–Trinajstić information content (AvgIpc) is 2.95. The van der Waals surface area contributed by atoms with Crippen LogP contribution in [-0.2, 0) is 33.9 Å². The number of phenols is 2. The second-order valence-electron chi connectivity index (χ2n) is 11.1. The number of carbonyl (C=O) groups is 2. The van der Waals surface area contributed by atoms with Gasteiger partial charge in [0.2, 0.25) is 0 Å². The van der Waals surface area contributed by atoms with Crippen molar-refractivity contribution >= 4 is 11.8 Å². The fourth-order valence-electron chi connectivity index (χ4n) is 5.27. The van der Waals surface area contributed by atoms with Crippen molar-refractivity contribution in [3.05, 3.63) is 57.6 Å². The Morgan fingerprint density at radius 1 is 0.762 bits per heavy atom. The zero-order chi connectivity index (χ0) is 31.2. The summed E-state index contributed by atoms with van der Waals surface area (Å²) in [6, 6.07) is 6.34. The molecule has 0 aliphatic carbocycles. The summed E-state index contributed by atoms with van der Waals surface area (Å²) in [6.07, 6.45) is 0.830. The van der Waals surface area contributed by atoms with Gasteiger partial charge in [-0.15, -0.1) is 0 Å². The van der Waals surface area contributed by atoms with Crippen molar-refractivity contribution in [2.24, 2.45) is 11.5 Å². The lowest BCUT2D eigenvalue weighted by atomic mass is 9.89. The Balaban J connectivity index is 1.87. The third-order valence-corrected chi connectivity index (χ3v) is 7.78. The number of amides is 2. The van der Waals surface area contributed by atoms with Gasteiger partial charge in [0.05, 0.1) is 13.2 Å². The maximum Gasteiger partial charge on any atom is 0.256 e. The van der Waals surface area contributed by atoms with Crippen LogP contribution >= 0.6 is 0 Å². The highest BCUT2D eigenvalue weighted by Gasteiger charge is 2.40. The van der Waals surface area contributed by atoms with E-state index >= 15 is 0 Å². The predicted octanol–water partition coefficient (Wildman–Crippen LogP) is -1.66. The van der Waals surface area contributed by atoms with Crippen molar-refractivity contribution in [3.63, 3.8) is 0 Å². The molecule has 1 aliphatic heterocycles. The molecular formula is C29H43N5O8. The van der Waals surface area contributed by atoms with Crippen LogP contribution in [0.1, 0.15) is 39.8 Å². The third kappa shape index (κ3) is 7.18. The fourth-order valence-corrected chi connectivity index (χ4v) is 5.27. The Morgan fingerprint density at radius 3 is 1.60 bits per heavy atom. The van der Waals surface area contributed by atoms with Gasteiger partial charge in [-0.2, -0.15) is 0 Å². The molecule has 13 heteroatoms. The quantitative estimate of drug-likeness (QED) is 0.152. The Labute approximate surface area is 245 Å². The number of rotatable bonds is 10. The van der Waals surface area contributed by atoms with E-state index in [0.717, 1.165) is 13.0 Å². The monoisotopic (exact) mass is 589 g/mol. The van der Waals surface area contributed by atoms with E-state index < -0.39 is 36.2 Å². The summed E-state index contributed by atoms with van der Waals surface area (Å²) in [7, 11) is 0. The van der Waals surface area contributed by atoms with Gasteiger partial charge in [0.25, 0.3) is 11.8 Å². The lowest BCUT2D eigenvalue weighted by molar-refractivity contribution is -0.142. The standard InChI is InChI=1S/C29H43N5O8/c1-18-10-20(24(37)22(12-18)28(41,16-35)26(30)39)14-33-6-3-4-32-5-7-34(9-8-33)15-21-11-19(2)13-23(25(21)38)29(42,17-36)27(31)40/h10-13,32,35-38,41-42H,3-9,14-17H2,1-2H3,(H2,30,39)(H2,31,40). The van der Waals surface area contributed by atoms with Gasteiger partial charge in [-0.1, -0.05) is 23.3 Å². The van der Waals surface area contributed by atoms with Crippen LogP contribution in [0.3, 0.4) is 0 Å². The van der Waals surface area contributed by atoms with Crippen molar-refractivity contribution in [1.82, 2.24) is 15.1 Å². The van der Waals surface area contributed by atoms with E-state index in [1.165, 1.54) is 12.1 Å².